The van der Waals surface area contributed by atoms with Crippen LogP contribution in [0.2, 0.25) is 5.02 Å². The first-order valence-corrected chi connectivity index (χ1v) is 6.16. The van der Waals surface area contributed by atoms with Crippen LogP contribution in [0.4, 0.5) is 5.69 Å². The second-order valence-corrected chi connectivity index (χ2v) is 4.88. The van der Waals surface area contributed by atoms with Crippen molar-refractivity contribution in [2.75, 3.05) is 31.6 Å². The minimum Gasteiger partial charge on any atom is -0.370 e. The van der Waals surface area contributed by atoms with Crippen LogP contribution in [-0.2, 0) is 0 Å². The van der Waals surface area contributed by atoms with Crippen molar-refractivity contribution in [3.05, 3.63) is 29.3 Å². The highest BCUT2D eigenvalue weighted by Crippen LogP contribution is 2.24. The maximum absolute atomic E-state index is 8.69. The SMILES string of the molecule is CN(CC#N)C1CCN(c2cccc(Cl)c2)C1. The largest absolute Gasteiger partial charge is 0.370 e. The Morgan fingerprint density at radius 3 is 3.12 bits per heavy atom. The third-order valence-electron chi connectivity index (χ3n) is 3.28. The lowest BCUT2D eigenvalue weighted by Gasteiger charge is -2.23. The summed E-state index contributed by atoms with van der Waals surface area (Å²) >= 11 is 5.99. The van der Waals surface area contributed by atoms with Gasteiger partial charge in [0.05, 0.1) is 12.6 Å². The molecule has 0 N–H and O–H groups in total. The van der Waals surface area contributed by atoms with E-state index < -0.39 is 0 Å². The predicted molar refractivity (Wildman–Crippen MR) is 70.3 cm³/mol. The van der Waals surface area contributed by atoms with Crippen LogP contribution in [0.25, 0.3) is 0 Å². The zero-order chi connectivity index (χ0) is 12.3. The summed E-state index contributed by atoms with van der Waals surface area (Å²) < 4.78 is 0. The van der Waals surface area contributed by atoms with Gasteiger partial charge in [0.1, 0.15) is 0 Å². The topological polar surface area (TPSA) is 30.3 Å². The fraction of sp³-hybridized carbons (Fsp3) is 0.462. The van der Waals surface area contributed by atoms with Crippen molar-refractivity contribution >= 4 is 17.3 Å². The second-order valence-electron chi connectivity index (χ2n) is 4.44. The normalized spacial score (nSPS) is 19.6. The van der Waals surface area contributed by atoms with E-state index in [4.69, 9.17) is 16.9 Å². The molecule has 0 bridgehead atoms. The number of nitriles is 1. The molecule has 0 saturated carbocycles. The first-order valence-electron chi connectivity index (χ1n) is 5.78. The Balaban J connectivity index is 2.01. The standard InChI is InChI=1S/C13H16ClN3/c1-16(8-6-15)13-5-7-17(10-13)12-4-2-3-11(14)9-12/h2-4,9,13H,5,7-8,10H2,1H3. The molecule has 3 nitrogen and oxygen atoms in total. The zero-order valence-electron chi connectivity index (χ0n) is 9.93. The Hall–Kier alpha value is -1.24. The molecule has 1 aromatic carbocycles. The summed E-state index contributed by atoms with van der Waals surface area (Å²) in [5, 5.41) is 9.47. The molecule has 1 heterocycles. The molecule has 0 radical (unpaired) electrons. The predicted octanol–water partition coefficient (Wildman–Crippen LogP) is 2.37. The summed E-state index contributed by atoms with van der Waals surface area (Å²) in [7, 11) is 2.01. The summed E-state index contributed by atoms with van der Waals surface area (Å²) in [4.78, 5) is 4.44. The van der Waals surface area contributed by atoms with Crippen molar-refractivity contribution < 1.29 is 0 Å². The van der Waals surface area contributed by atoms with Gasteiger partial charge in [-0.2, -0.15) is 5.26 Å². The van der Waals surface area contributed by atoms with Crippen molar-refractivity contribution in [2.45, 2.75) is 12.5 Å². The van der Waals surface area contributed by atoms with Gasteiger partial charge in [0.2, 0.25) is 0 Å². The van der Waals surface area contributed by atoms with Gasteiger partial charge in [-0.1, -0.05) is 17.7 Å². The van der Waals surface area contributed by atoms with Crippen LogP contribution in [0.5, 0.6) is 0 Å². The molecule has 4 heteroatoms. The number of benzene rings is 1. The molecule has 1 fully saturated rings. The van der Waals surface area contributed by atoms with E-state index in [1.807, 2.05) is 25.2 Å². The van der Waals surface area contributed by atoms with E-state index in [0.29, 0.717) is 12.6 Å². The van der Waals surface area contributed by atoms with Gasteiger partial charge in [0.25, 0.3) is 0 Å². The maximum Gasteiger partial charge on any atom is 0.0866 e. The van der Waals surface area contributed by atoms with Gasteiger partial charge in [0, 0.05) is 29.8 Å². The number of halogens is 1. The summed E-state index contributed by atoms with van der Waals surface area (Å²) in [6.07, 6.45) is 1.10. The number of likely N-dealkylation sites (N-methyl/N-ethyl adjacent to an activating group) is 1. The number of nitrogens with zero attached hydrogens (tertiary/aromatic N) is 3. The molecule has 1 saturated heterocycles. The van der Waals surface area contributed by atoms with Crippen LogP contribution in [0.1, 0.15) is 6.42 Å². The lowest BCUT2D eigenvalue weighted by atomic mass is 10.2. The van der Waals surface area contributed by atoms with Gasteiger partial charge >= 0.3 is 0 Å². The van der Waals surface area contributed by atoms with Crippen LogP contribution in [0, 0.1) is 11.3 Å². The molecule has 1 atom stereocenters. The summed E-state index contributed by atoms with van der Waals surface area (Å²) in [6, 6.07) is 10.6. The van der Waals surface area contributed by atoms with E-state index in [1.165, 1.54) is 5.69 Å². The van der Waals surface area contributed by atoms with E-state index in [9.17, 15) is 0 Å². The van der Waals surface area contributed by atoms with Crippen LogP contribution < -0.4 is 4.90 Å². The Morgan fingerprint density at radius 2 is 2.41 bits per heavy atom. The van der Waals surface area contributed by atoms with E-state index >= 15 is 0 Å². The zero-order valence-corrected chi connectivity index (χ0v) is 10.7. The molecule has 90 valence electrons. The van der Waals surface area contributed by atoms with Gasteiger partial charge in [-0.3, -0.25) is 4.90 Å². The van der Waals surface area contributed by atoms with Gasteiger partial charge in [-0.05, 0) is 31.7 Å². The molecule has 1 aliphatic rings. The first-order chi connectivity index (χ1) is 8.20. The fourth-order valence-corrected chi connectivity index (χ4v) is 2.43. The molecule has 0 amide bonds. The number of rotatable bonds is 3. The average Bonchev–Trinajstić information content (AvgIpc) is 2.78. The van der Waals surface area contributed by atoms with Gasteiger partial charge in [0.15, 0.2) is 0 Å². The Labute approximate surface area is 107 Å². The van der Waals surface area contributed by atoms with Crippen molar-refractivity contribution in [3.63, 3.8) is 0 Å². The third kappa shape index (κ3) is 2.91. The summed E-state index contributed by atoms with van der Waals surface area (Å²) in [5.41, 5.74) is 1.17. The molecular weight excluding hydrogens is 234 g/mol. The Kier molecular flexibility index (Phi) is 3.88. The molecular formula is C13H16ClN3. The quantitative estimate of drug-likeness (QED) is 0.771. The highest BCUT2D eigenvalue weighted by atomic mass is 35.5. The number of hydrogen-bond donors (Lipinski definition) is 0. The summed E-state index contributed by atoms with van der Waals surface area (Å²) in [6.45, 7) is 2.49. The van der Waals surface area contributed by atoms with E-state index in [0.717, 1.165) is 24.5 Å². The van der Waals surface area contributed by atoms with Crippen LogP contribution in [0.15, 0.2) is 24.3 Å². The number of anilines is 1. The van der Waals surface area contributed by atoms with Crippen LogP contribution >= 0.6 is 11.6 Å². The highest BCUT2D eigenvalue weighted by molar-refractivity contribution is 6.30. The lowest BCUT2D eigenvalue weighted by molar-refractivity contribution is 0.289. The highest BCUT2D eigenvalue weighted by Gasteiger charge is 2.25. The minimum absolute atomic E-state index is 0.466. The minimum atomic E-state index is 0.466. The Bertz CT molecular complexity index is 427. The monoisotopic (exact) mass is 249 g/mol. The molecule has 0 aromatic heterocycles. The second kappa shape index (κ2) is 5.39. The van der Waals surface area contributed by atoms with Crippen molar-refractivity contribution in [3.8, 4) is 6.07 Å². The van der Waals surface area contributed by atoms with Crippen LogP contribution in [-0.4, -0.2) is 37.6 Å². The number of hydrogen-bond acceptors (Lipinski definition) is 3. The van der Waals surface area contributed by atoms with E-state index in [2.05, 4.69) is 21.9 Å². The molecule has 1 aliphatic heterocycles. The van der Waals surface area contributed by atoms with Crippen molar-refractivity contribution in [2.24, 2.45) is 0 Å². The van der Waals surface area contributed by atoms with E-state index in [1.54, 1.807) is 0 Å². The summed E-state index contributed by atoms with van der Waals surface area (Å²) in [5.74, 6) is 0. The molecule has 1 aromatic rings. The smallest absolute Gasteiger partial charge is 0.0866 e. The first kappa shape index (κ1) is 12.2. The van der Waals surface area contributed by atoms with Gasteiger partial charge in [-0.15, -0.1) is 0 Å². The lowest BCUT2D eigenvalue weighted by Crippen LogP contribution is -2.34. The fourth-order valence-electron chi connectivity index (χ4n) is 2.25. The molecule has 2 rings (SSSR count). The molecule has 0 spiro atoms. The Morgan fingerprint density at radius 1 is 1.59 bits per heavy atom. The average molecular weight is 250 g/mol. The molecule has 0 aliphatic carbocycles. The van der Waals surface area contributed by atoms with Gasteiger partial charge < -0.3 is 4.90 Å². The van der Waals surface area contributed by atoms with Crippen molar-refractivity contribution in [1.29, 1.82) is 5.26 Å². The maximum atomic E-state index is 8.69. The molecule has 1 unspecified atom stereocenters. The van der Waals surface area contributed by atoms with E-state index in [-0.39, 0.29) is 0 Å². The van der Waals surface area contributed by atoms with Crippen LogP contribution in [0.3, 0.4) is 0 Å². The molecule has 17 heavy (non-hydrogen) atoms. The van der Waals surface area contributed by atoms with Crippen molar-refractivity contribution in [1.82, 2.24) is 4.90 Å². The third-order valence-corrected chi connectivity index (χ3v) is 3.52. The van der Waals surface area contributed by atoms with Gasteiger partial charge in [-0.25, -0.2) is 0 Å².